The van der Waals surface area contributed by atoms with Crippen molar-refractivity contribution in [1.82, 2.24) is 5.32 Å². The van der Waals surface area contributed by atoms with Crippen LogP contribution >= 0.6 is 0 Å². The zero-order chi connectivity index (χ0) is 12.5. The van der Waals surface area contributed by atoms with Crippen LogP contribution in [-0.4, -0.2) is 31.4 Å². The molecule has 1 amide bonds. The van der Waals surface area contributed by atoms with E-state index in [0.717, 1.165) is 0 Å². The molecular formula is C12H15NO3S. The van der Waals surface area contributed by atoms with E-state index >= 15 is 0 Å². The molecule has 1 aliphatic rings. The smallest absolute Gasteiger partial charge is 0.251 e. The molecule has 1 aromatic rings. The molecule has 1 N–H and O–H groups in total. The number of carbonyl (C=O) groups excluding carboxylic acids is 1. The summed E-state index contributed by atoms with van der Waals surface area (Å²) in [6.07, 6.45) is 0.480. The molecule has 1 aromatic carbocycles. The summed E-state index contributed by atoms with van der Waals surface area (Å²) in [6, 6.07) is 8.81. The average Bonchev–Trinajstić information content (AvgIpc) is 2.54. The van der Waals surface area contributed by atoms with Gasteiger partial charge in [0.2, 0.25) is 0 Å². The highest BCUT2D eigenvalue weighted by Crippen LogP contribution is 2.23. The molecule has 0 aliphatic carbocycles. The van der Waals surface area contributed by atoms with Crippen molar-refractivity contribution < 1.29 is 13.2 Å². The lowest BCUT2D eigenvalue weighted by Gasteiger charge is -2.23. The van der Waals surface area contributed by atoms with Crippen LogP contribution in [0, 0.1) is 0 Å². The molecule has 17 heavy (non-hydrogen) atoms. The first-order chi connectivity index (χ1) is 7.90. The van der Waals surface area contributed by atoms with Crippen LogP contribution in [0.5, 0.6) is 0 Å². The largest absolute Gasteiger partial charge is 0.346 e. The Morgan fingerprint density at radius 2 is 1.94 bits per heavy atom. The van der Waals surface area contributed by atoms with Gasteiger partial charge in [0.15, 0.2) is 9.84 Å². The zero-order valence-corrected chi connectivity index (χ0v) is 10.5. The van der Waals surface area contributed by atoms with Gasteiger partial charge in [0, 0.05) is 5.56 Å². The third-order valence-electron chi connectivity index (χ3n) is 2.95. The molecular weight excluding hydrogens is 238 g/mol. The first kappa shape index (κ1) is 12.1. The number of amides is 1. The van der Waals surface area contributed by atoms with Gasteiger partial charge in [0.25, 0.3) is 5.91 Å². The van der Waals surface area contributed by atoms with Crippen LogP contribution in [0.1, 0.15) is 23.7 Å². The van der Waals surface area contributed by atoms with Crippen LogP contribution in [0.4, 0.5) is 0 Å². The third kappa shape index (κ3) is 2.85. The molecule has 2 rings (SSSR count). The van der Waals surface area contributed by atoms with Gasteiger partial charge in [-0.3, -0.25) is 4.79 Å². The molecule has 1 atom stereocenters. The summed E-state index contributed by atoms with van der Waals surface area (Å²) in [6.45, 7) is 1.78. The van der Waals surface area contributed by atoms with E-state index in [9.17, 15) is 13.2 Å². The van der Waals surface area contributed by atoms with Gasteiger partial charge in [-0.15, -0.1) is 0 Å². The fourth-order valence-corrected chi connectivity index (χ4v) is 4.14. The van der Waals surface area contributed by atoms with Crippen molar-refractivity contribution in [2.24, 2.45) is 0 Å². The van der Waals surface area contributed by atoms with E-state index in [1.807, 2.05) is 6.07 Å². The van der Waals surface area contributed by atoms with Crippen molar-refractivity contribution in [3.8, 4) is 0 Å². The van der Waals surface area contributed by atoms with Gasteiger partial charge in [-0.05, 0) is 25.5 Å². The lowest BCUT2D eigenvalue weighted by Crippen LogP contribution is -2.46. The molecule has 0 aromatic heterocycles. The minimum absolute atomic E-state index is 0.0264. The Labute approximate surface area is 101 Å². The van der Waals surface area contributed by atoms with E-state index in [4.69, 9.17) is 0 Å². The average molecular weight is 253 g/mol. The second-order valence-corrected chi connectivity index (χ2v) is 6.91. The van der Waals surface area contributed by atoms with Crippen LogP contribution in [0.15, 0.2) is 30.3 Å². The van der Waals surface area contributed by atoms with Crippen molar-refractivity contribution in [3.05, 3.63) is 35.9 Å². The lowest BCUT2D eigenvalue weighted by atomic mass is 10.0. The number of benzene rings is 1. The molecule has 4 nitrogen and oxygen atoms in total. The normalized spacial score (nSPS) is 26.6. The van der Waals surface area contributed by atoms with Crippen LogP contribution < -0.4 is 5.32 Å². The Kier molecular flexibility index (Phi) is 2.95. The zero-order valence-electron chi connectivity index (χ0n) is 9.64. The molecule has 1 saturated heterocycles. The molecule has 0 bridgehead atoms. The molecule has 0 saturated carbocycles. The number of carbonyl (C=O) groups is 1. The van der Waals surface area contributed by atoms with Crippen molar-refractivity contribution in [1.29, 1.82) is 0 Å². The van der Waals surface area contributed by atoms with Crippen molar-refractivity contribution in [3.63, 3.8) is 0 Å². The van der Waals surface area contributed by atoms with E-state index in [0.29, 0.717) is 12.0 Å². The van der Waals surface area contributed by atoms with Crippen molar-refractivity contribution >= 4 is 15.7 Å². The van der Waals surface area contributed by atoms with Gasteiger partial charge in [-0.2, -0.15) is 0 Å². The Hall–Kier alpha value is -1.36. The molecule has 1 unspecified atom stereocenters. The molecule has 1 aliphatic heterocycles. The van der Waals surface area contributed by atoms with E-state index < -0.39 is 15.4 Å². The van der Waals surface area contributed by atoms with Crippen molar-refractivity contribution in [2.45, 2.75) is 18.9 Å². The fraction of sp³-hybridized carbons (Fsp3) is 0.417. The summed E-state index contributed by atoms with van der Waals surface area (Å²) >= 11 is 0. The summed E-state index contributed by atoms with van der Waals surface area (Å²) in [5.41, 5.74) is -0.0795. The van der Waals surface area contributed by atoms with Gasteiger partial charge in [-0.1, -0.05) is 18.2 Å². The quantitative estimate of drug-likeness (QED) is 0.855. The first-order valence-electron chi connectivity index (χ1n) is 5.48. The van der Waals surface area contributed by atoms with E-state index in [1.165, 1.54) is 0 Å². The maximum absolute atomic E-state index is 11.9. The fourth-order valence-electron chi connectivity index (χ4n) is 2.04. The molecule has 0 spiro atoms. The van der Waals surface area contributed by atoms with Gasteiger partial charge < -0.3 is 5.32 Å². The minimum Gasteiger partial charge on any atom is -0.346 e. The van der Waals surface area contributed by atoms with Crippen LogP contribution in [-0.2, 0) is 9.84 Å². The highest BCUT2D eigenvalue weighted by molar-refractivity contribution is 7.91. The number of hydrogen-bond donors (Lipinski definition) is 1. The van der Waals surface area contributed by atoms with Gasteiger partial charge >= 0.3 is 0 Å². The summed E-state index contributed by atoms with van der Waals surface area (Å²) in [7, 11) is -3.00. The second kappa shape index (κ2) is 4.14. The number of sulfone groups is 1. The second-order valence-electron chi connectivity index (χ2n) is 4.72. The monoisotopic (exact) mass is 253 g/mol. The van der Waals surface area contributed by atoms with Crippen LogP contribution in [0.2, 0.25) is 0 Å². The summed E-state index contributed by atoms with van der Waals surface area (Å²) in [5, 5.41) is 2.81. The summed E-state index contributed by atoms with van der Waals surface area (Å²) < 4.78 is 22.8. The number of hydrogen-bond acceptors (Lipinski definition) is 3. The molecule has 5 heteroatoms. The molecule has 92 valence electrons. The van der Waals surface area contributed by atoms with Crippen LogP contribution in [0.25, 0.3) is 0 Å². The maximum atomic E-state index is 11.9. The van der Waals surface area contributed by atoms with E-state index in [1.54, 1.807) is 31.2 Å². The highest BCUT2D eigenvalue weighted by Gasteiger charge is 2.39. The summed E-state index contributed by atoms with van der Waals surface area (Å²) in [5.74, 6) is -0.0397. The predicted molar refractivity (Wildman–Crippen MR) is 65.6 cm³/mol. The maximum Gasteiger partial charge on any atom is 0.251 e. The van der Waals surface area contributed by atoms with Gasteiger partial charge in [0.05, 0.1) is 17.0 Å². The van der Waals surface area contributed by atoms with Gasteiger partial charge in [0.1, 0.15) is 0 Å². The van der Waals surface area contributed by atoms with Crippen LogP contribution in [0.3, 0.4) is 0 Å². The Morgan fingerprint density at radius 1 is 1.29 bits per heavy atom. The Morgan fingerprint density at radius 3 is 2.47 bits per heavy atom. The highest BCUT2D eigenvalue weighted by atomic mass is 32.2. The SMILES string of the molecule is CC1(NC(=O)c2ccccc2)CCS(=O)(=O)C1. The number of nitrogens with one attached hydrogen (secondary N) is 1. The first-order valence-corrected chi connectivity index (χ1v) is 7.30. The minimum atomic E-state index is -3.00. The van der Waals surface area contributed by atoms with Gasteiger partial charge in [-0.25, -0.2) is 8.42 Å². The van der Waals surface area contributed by atoms with E-state index in [2.05, 4.69) is 5.32 Å². The predicted octanol–water partition coefficient (Wildman–Crippen LogP) is 0.994. The Bertz CT molecular complexity index is 524. The number of rotatable bonds is 2. The van der Waals surface area contributed by atoms with Crippen molar-refractivity contribution in [2.75, 3.05) is 11.5 Å². The third-order valence-corrected chi connectivity index (χ3v) is 4.86. The molecule has 0 radical (unpaired) electrons. The summed E-state index contributed by atoms with van der Waals surface area (Å²) in [4.78, 5) is 11.9. The van der Waals surface area contributed by atoms with E-state index in [-0.39, 0.29) is 17.4 Å². The topological polar surface area (TPSA) is 63.2 Å². The molecule has 1 fully saturated rings. The lowest BCUT2D eigenvalue weighted by molar-refractivity contribution is 0.0915. The Balaban J connectivity index is 2.10. The molecule has 1 heterocycles. The standard InChI is InChI=1S/C12H15NO3S/c1-12(7-8-17(15,16)9-12)13-11(14)10-5-3-2-4-6-10/h2-6H,7-9H2,1H3,(H,13,14).